The van der Waals surface area contributed by atoms with Crippen LogP contribution >= 0.6 is 15.9 Å². The molecule has 0 atom stereocenters. The fourth-order valence-corrected chi connectivity index (χ4v) is 1.67. The Morgan fingerprint density at radius 2 is 2.28 bits per heavy atom. The van der Waals surface area contributed by atoms with Crippen LogP contribution < -0.4 is 11.1 Å². The van der Waals surface area contributed by atoms with Gasteiger partial charge in [0, 0.05) is 12.6 Å². The van der Waals surface area contributed by atoms with Gasteiger partial charge in [-0.2, -0.15) is 5.10 Å². The molecule has 0 spiro atoms. The number of aromatic nitrogens is 2. The average Bonchev–Trinajstić information content (AvgIpc) is 2.64. The number of rotatable bonds is 2. The first-order valence-electron chi connectivity index (χ1n) is 5.03. The first-order valence-corrected chi connectivity index (χ1v) is 5.82. The van der Waals surface area contributed by atoms with Crippen molar-refractivity contribution in [3.8, 4) is 0 Å². The third-order valence-electron chi connectivity index (χ3n) is 2.38. The van der Waals surface area contributed by atoms with Gasteiger partial charge in [-0.15, -0.1) is 0 Å². The maximum absolute atomic E-state index is 13.3. The molecule has 1 amide bonds. The highest BCUT2D eigenvalue weighted by molar-refractivity contribution is 9.10. The van der Waals surface area contributed by atoms with Crippen molar-refractivity contribution in [2.45, 2.75) is 0 Å². The van der Waals surface area contributed by atoms with Crippen LogP contribution in [0.25, 0.3) is 0 Å². The molecule has 0 aliphatic carbocycles. The lowest BCUT2D eigenvalue weighted by Gasteiger charge is -2.07. The van der Waals surface area contributed by atoms with E-state index in [9.17, 15) is 9.18 Å². The second kappa shape index (κ2) is 4.77. The number of nitrogens with zero attached hydrogens (tertiary/aromatic N) is 2. The van der Waals surface area contributed by atoms with E-state index in [1.807, 2.05) is 0 Å². The Morgan fingerprint density at radius 1 is 1.56 bits per heavy atom. The van der Waals surface area contributed by atoms with Gasteiger partial charge in [-0.05, 0) is 34.1 Å². The summed E-state index contributed by atoms with van der Waals surface area (Å²) in [5.41, 5.74) is 6.20. The molecule has 1 aromatic heterocycles. The van der Waals surface area contributed by atoms with E-state index >= 15 is 0 Å². The predicted molar refractivity (Wildman–Crippen MR) is 69.7 cm³/mol. The molecule has 0 radical (unpaired) electrons. The number of carbonyl (C=O) groups excluding carboxylic acids is 1. The highest BCUT2D eigenvalue weighted by atomic mass is 79.9. The summed E-state index contributed by atoms with van der Waals surface area (Å²) >= 11 is 3.02. The summed E-state index contributed by atoms with van der Waals surface area (Å²) in [5, 5.41) is 6.47. The Balaban J connectivity index is 2.25. The highest BCUT2D eigenvalue weighted by Crippen LogP contribution is 2.19. The van der Waals surface area contributed by atoms with Crippen molar-refractivity contribution in [1.29, 1.82) is 0 Å². The van der Waals surface area contributed by atoms with Crippen LogP contribution in [0, 0.1) is 5.82 Å². The summed E-state index contributed by atoms with van der Waals surface area (Å²) in [7, 11) is 1.65. The Kier molecular flexibility index (Phi) is 3.33. The third-order valence-corrected chi connectivity index (χ3v) is 3.02. The number of carbonyl (C=O) groups is 1. The normalized spacial score (nSPS) is 10.4. The SMILES string of the molecule is Cn1ncc(N)c1NC(=O)c1ccc(Br)c(F)c1. The molecular formula is C11H10BrFN4O. The Bertz CT molecular complexity index is 592. The second-order valence-electron chi connectivity index (χ2n) is 3.66. The van der Waals surface area contributed by atoms with Crippen LogP contribution in [0.4, 0.5) is 15.9 Å². The van der Waals surface area contributed by atoms with Gasteiger partial charge in [0.05, 0.1) is 16.4 Å². The summed E-state index contributed by atoms with van der Waals surface area (Å²) in [5.74, 6) is -0.569. The summed E-state index contributed by atoms with van der Waals surface area (Å²) in [6, 6.07) is 4.12. The smallest absolute Gasteiger partial charge is 0.256 e. The molecule has 94 valence electrons. The van der Waals surface area contributed by atoms with E-state index in [0.717, 1.165) is 6.07 Å². The van der Waals surface area contributed by atoms with Crippen molar-refractivity contribution in [1.82, 2.24) is 9.78 Å². The summed E-state index contributed by atoms with van der Waals surface area (Å²) in [6.07, 6.45) is 1.43. The van der Waals surface area contributed by atoms with Gasteiger partial charge >= 0.3 is 0 Å². The topological polar surface area (TPSA) is 72.9 Å². The molecule has 2 aromatic rings. The van der Waals surface area contributed by atoms with E-state index in [-0.39, 0.29) is 5.56 Å². The highest BCUT2D eigenvalue weighted by Gasteiger charge is 2.12. The molecule has 0 saturated heterocycles. The fraction of sp³-hybridized carbons (Fsp3) is 0.0909. The van der Waals surface area contributed by atoms with Crippen LogP contribution in [-0.2, 0) is 7.05 Å². The van der Waals surface area contributed by atoms with E-state index in [1.165, 1.54) is 23.0 Å². The van der Waals surface area contributed by atoms with E-state index in [2.05, 4.69) is 26.3 Å². The zero-order valence-corrected chi connectivity index (χ0v) is 11.0. The molecule has 5 nitrogen and oxygen atoms in total. The molecule has 3 N–H and O–H groups in total. The summed E-state index contributed by atoms with van der Waals surface area (Å²) in [6.45, 7) is 0. The molecule has 0 bridgehead atoms. The van der Waals surface area contributed by atoms with Crippen LogP contribution in [0.15, 0.2) is 28.9 Å². The molecule has 1 heterocycles. The molecular weight excluding hydrogens is 303 g/mol. The van der Waals surface area contributed by atoms with Gasteiger partial charge in [-0.3, -0.25) is 9.48 Å². The van der Waals surface area contributed by atoms with Crippen molar-refractivity contribution in [2.75, 3.05) is 11.1 Å². The van der Waals surface area contributed by atoms with Crippen LogP contribution in [-0.4, -0.2) is 15.7 Å². The van der Waals surface area contributed by atoms with E-state index < -0.39 is 11.7 Å². The number of hydrogen-bond donors (Lipinski definition) is 2. The van der Waals surface area contributed by atoms with Crippen LogP contribution in [0.1, 0.15) is 10.4 Å². The third kappa shape index (κ3) is 2.35. The first-order chi connectivity index (χ1) is 8.49. The Morgan fingerprint density at radius 3 is 2.83 bits per heavy atom. The number of nitrogens with two attached hydrogens (primary N) is 1. The lowest BCUT2D eigenvalue weighted by Crippen LogP contribution is -2.15. The Labute approximate surface area is 111 Å². The molecule has 0 saturated carbocycles. The van der Waals surface area contributed by atoms with E-state index in [4.69, 9.17) is 5.73 Å². The van der Waals surface area contributed by atoms with Gasteiger partial charge in [0.25, 0.3) is 5.91 Å². The molecule has 2 rings (SSSR count). The fourth-order valence-electron chi connectivity index (χ4n) is 1.42. The second-order valence-corrected chi connectivity index (χ2v) is 4.51. The maximum Gasteiger partial charge on any atom is 0.256 e. The molecule has 0 fully saturated rings. The van der Waals surface area contributed by atoms with E-state index in [0.29, 0.717) is 16.0 Å². The van der Waals surface area contributed by atoms with Gasteiger partial charge in [-0.25, -0.2) is 4.39 Å². The lowest BCUT2D eigenvalue weighted by molar-refractivity contribution is 0.102. The molecule has 0 unspecified atom stereocenters. The monoisotopic (exact) mass is 312 g/mol. The summed E-state index contributed by atoms with van der Waals surface area (Å²) in [4.78, 5) is 11.9. The number of halogens is 2. The molecule has 18 heavy (non-hydrogen) atoms. The number of anilines is 2. The number of amides is 1. The van der Waals surface area contributed by atoms with Gasteiger partial charge in [0.1, 0.15) is 5.82 Å². The number of aryl methyl sites for hydroxylation is 1. The van der Waals surface area contributed by atoms with E-state index in [1.54, 1.807) is 7.05 Å². The largest absolute Gasteiger partial charge is 0.394 e. The van der Waals surface area contributed by atoms with Crippen LogP contribution in [0.2, 0.25) is 0 Å². The first kappa shape index (κ1) is 12.6. The van der Waals surface area contributed by atoms with Crippen molar-refractivity contribution in [3.05, 3.63) is 40.2 Å². The molecule has 1 aromatic carbocycles. The quantitative estimate of drug-likeness (QED) is 0.892. The number of benzene rings is 1. The average molecular weight is 313 g/mol. The Hall–Kier alpha value is -1.89. The number of nitrogens with one attached hydrogen (secondary N) is 1. The number of nitrogen functional groups attached to an aromatic ring is 1. The van der Waals surface area contributed by atoms with Crippen LogP contribution in [0.5, 0.6) is 0 Å². The lowest BCUT2D eigenvalue weighted by atomic mass is 10.2. The predicted octanol–water partition coefficient (Wildman–Crippen LogP) is 2.16. The number of hydrogen-bond acceptors (Lipinski definition) is 3. The minimum absolute atomic E-state index is 0.205. The molecule has 0 aliphatic heterocycles. The van der Waals surface area contributed by atoms with Gasteiger partial charge in [0.2, 0.25) is 0 Å². The van der Waals surface area contributed by atoms with Crippen molar-refractivity contribution >= 4 is 33.3 Å². The molecule has 0 aliphatic rings. The van der Waals surface area contributed by atoms with Crippen molar-refractivity contribution in [3.63, 3.8) is 0 Å². The van der Waals surface area contributed by atoms with Crippen LogP contribution in [0.3, 0.4) is 0 Å². The zero-order valence-electron chi connectivity index (χ0n) is 9.45. The minimum Gasteiger partial charge on any atom is -0.394 e. The maximum atomic E-state index is 13.3. The minimum atomic E-state index is -0.499. The molecule has 7 heteroatoms. The van der Waals surface area contributed by atoms with Crippen molar-refractivity contribution < 1.29 is 9.18 Å². The standard InChI is InChI=1S/C11H10BrFN4O/c1-17-10(9(14)5-15-17)16-11(18)6-2-3-7(12)8(13)4-6/h2-5H,14H2,1H3,(H,16,18). The summed E-state index contributed by atoms with van der Waals surface area (Å²) < 4.78 is 15.0. The zero-order chi connectivity index (χ0) is 13.3. The van der Waals surface area contributed by atoms with Gasteiger partial charge in [0.15, 0.2) is 5.82 Å². The van der Waals surface area contributed by atoms with Gasteiger partial charge in [-0.1, -0.05) is 0 Å². The van der Waals surface area contributed by atoms with Crippen molar-refractivity contribution in [2.24, 2.45) is 7.05 Å². The van der Waals surface area contributed by atoms with Gasteiger partial charge < -0.3 is 11.1 Å².